The SMILES string of the molecule is [2H]C([2H])([2H])Oc1cc2c(Cc3ccc(OC)c(OC)c3)nccc2cc1O[C@@H]1O[C@H](C(=O)O)[C@@H](O)[C@H](O)[C@H]1O. The lowest BCUT2D eigenvalue weighted by atomic mass is 9.99. The first-order valence-corrected chi connectivity index (χ1v) is 10.8. The highest BCUT2D eigenvalue weighted by atomic mass is 16.7. The summed E-state index contributed by atoms with van der Waals surface area (Å²) in [5.41, 5.74) is 1.40. The van der Waals surface area contributed by atoms with Gasteiger partial charge in [0.15, 0.2) is 29.1 Å². The minimum atomic E-state index is -2.90. The summed E-state index contributed by atoms with van der Waals surface area (Å²) in [6, 6.07) is 9.82. The number of benzene rings is 2. The fraction of sp³-hybridized carbons (Fsp3) is 0.360. The number of nitrogens with zero attached hydrogens (tertiary/aromatic N) is 1. The smallest absolute Gasteiger partial charge is 0.335 e. The second kappa shape index (κ2) is 10.5. The third-order valence-corrected chi connectivity index (χ3v) is 5.90. The molecule has 0 bridgehead atoms. The van der Waals surface area contributed by atoms with Gasteiger partial charge in [-0.2, -0.15) is 0 Å². The van der Waals surface area contributed by atoms with Crippen molar-refractivity contribution in [3.8, 4) is 23.0 Å². The molecule has 4 rings (SSSR count). The number of hydrogen-bond acceptors (Lipinski definition) is 10. The number of aliphatic hydroxyl groups is 3. The topological polar surface area (TPSA) is 157 Å². The number of carboxylic acids is 1. The molecule has 0 saturated carbocycles. The lowest BCUT2D eigenvalue weighted by molar-refractivity contribution is -0.271. The second-order valence-electron chi connectivity index (χ2n) is 8.10. The Morgan fingerprint density at radius 2 is 1.72 bits per heavy atom. The number of pyridine rings is 1. The fourth-order valence-corrected chi connectivity index (χ4v) is 4.01. The van der Waals surface area contributed by atoms with Gasteiger partial charge in [0, 0.05) is 18.0 Å². The highest BCUT2D eigenvalue weighted by Crippen LogP contribution is 2.37. The Balaban J connectivity index is 1.73. The normalized spacial score (nSPS) is 25.4. The van der Waals surface area contributed by atoms with E-state index in [1.165, 1.54) is 26.4 Å². The van der Waals surface area contributed by atoms with E-state index >= 15 is 0 Å². The van der Waals surface area contributed by atoms with Crippen molar-refractivity contribution in [1.29, 1.82) is 0 Å². The van der Waals surface area contributed by atoms with E-state index in [1.54, 1.807) is 24.4 Å². The molecule has 11 heteroatoms. The third kappa shape index (κ3) is 4.86. The zero-order valence-corrected chi connectivity index (χ0v) is 19.3. The quantitative estimate of drug-likeness (QED) is 0.348. The number of methoxy groups -OCH3 is 3. The van der Waals surface area contributed by atoms with Crippen LogP contribution in [0.2, 0.25) is 0 Å². The summed E-state index contributed by atoms with van der Waals surface area (Å²) >= 11 is 0. The van der Waals surface area contributed by atoms with Crippen molar-refractivity contribution in [1.82, 2.24) is 4.98 Å². The van der Waals surface area contributed by atoms with Crippen LogP contribution < -0.4 is 18.9 Å². The first-order chi connectivity index (χ1) is 18.4. The predicted molar refractivity (Wildman–Crippen MR) is 126 cm³/mol. The fourth-order valence-electron chi connectivity index (χ4n) is 4.01. The van der Waals surface area contributed by atoms with Crippen molar-refractivity contribution in [2.45, 2.75) is 37.1 Å². The average Bonchev–Trinajstić information content (AvgIpc) is 2.88. The standard InChI is InChI=1S/C25H27NO10/c1-32-16-5-4-12(9-17(16)33-2)8-15-14-11-18(34-3)19(10-13(14)6-7-26-15)35-25-22(29)20(27)21(28)23(36-25)24(30)31/h4-7,9-11,20-23,25,27-29H,8H2,1-3H3,(H,30,31)/t20-,21-,22+,23-,25+/m0/s1/i3D3. The number of ether oxygens (including phenoxy) is 5. The largest absolute Gasteiger partial charge is 0.493 e. The van der Waals surface area contributed by atoms with E-state index in [0.717, 1.165) is 5.56 Å². The highest BCUT2D eigenvalue weighted by molar-refractivity contribution is 5.88. The molecule has 1 aliphatic heterocycles. The van der Waals surface area contributed by atoms with Crippen LogP contribution in [0.5, 0.6) is 23.0 Å². The monoisotopic (exact) mass is 504 g/mol. The van der Waals surface area contributed by atoms with Crippen molar-refractivity contribution in [2.75, 3.05) is 21.3 Å². The van der Waals surface area contributed by atoms with Crippen molar-refractivity contribution in [3.05, 3.63) is 53.9 Å². The van der Waals surface area contributed by atoms with E-state index in [4.69, 9.17) is 27.8 Å². The molecule has 5 atom stereocenters. The van der Waals surface area contributed by atoms with Crippen LogP contribution >= 0.6 is 0 Å². The Hall–Kier alpha value is -3.64. The summed E-state index contributed by atoms with van der Waals surface area (Å²) in [4.78, 5) is 15.9. The molecule has 0 amide bonds. The molecule has 0 aliphatic carbocycles. The lowest BCUT2D eigenvalue weighted by Crippen LogP contribution is -2.61. The van der Waals surface area contributed by atoms with E-state index in [9.17, 15) is 25.2 Å². The Morgan fingerprint density at radius 1 is 0.972 bits per heavy atom. The van der Waals surface area contributed by atoms with Gasteiger partial charge in [-0.3, -0.25) is 4.98 Å². The molecule has 3 aromatic rings. The highest BCUT2D eigenvalue weighted by Gasteiger charge is 2.48. The van der Waals surface area contributed by atoms with Gasteiger partial charge >= 0.3 is 5.97 Å². The van der Waals surface area contributed by atoms with Crippen molar-refractivity contribution < 1.29 is 53.0 Å². The van der Waals surface area contributed by atoms with Crippen molar-refractivity contribution in [2.24, 2.45) is 0 Å². The molecular weight excluding hydrogens is 474 g/mol. The van der Waals surface area contributed by atoms with E-state index < -0.39 is 43.7 Å². The van der Waals surface area contributed by atoms with E-state index in [1.807, 2.05) is 6.07 Å². The second-order valence-corrected chi connectivity index (χ2v) is 8.10. The van der Waals surface area contributed by atoms with Crippen LogP contribution in [-0.2, 0) is 16.0 Å². The number of fused-ring (bicyclic) bond motifs is 1. The molecule has 36 heavy (non-hydrogen) atoms. The molecule has 0 unspecified atom stereocenters. The van der Waals surface area contributed by atoms with Gasteiger partial charge in [0.25, 0.3) is 0 Å². The van der Waals surface area contributed by atoms with Crippen LogP contribution in [0, 0.1) is 0 Å². The van der Waals surface area contributed by atoms with Gasteiger partial charge in [-0.05, 0) is 41.3 Å². The predicted octanol–water partition coefficient (Wildman–Crippen LogP) is 1.12. The van der Waals surface area contributed by atoms with E-state index in [-0.39, 0.29) is 11.5 Å². The van der Waals surface area contributed by atoms with E-state index in [2.05, 4.69) is 4.98 Å². The van der Waals surface area contributed by atoms with Gasteiger partial charge in [0.05, 0.1) is 31.1 Å². The summed E-state index contributed by atoms with van der Waals surface area (Å²) in [6.45, 7) is 0. The van der Waals surface area contributed by atoms with Gasteiger partial charge in [-0.25, -0.2) is 4.79 Å². The summed E-state index contributed by atoms with van der Waals surface area (Å²) < 4.78 is 49.3. The molecule has 2 aromatic carbocycles. The van der Waals surface area contributed by atoms with Gasteiger partial charge in [0.1, 0.15) is 18.3 Å². The molecule has 1 fully saturated rings. The van der Waals surface area contributed by atoms with Crippen LogP contribution in [0.1, 0.15) is 15.4 Å². The number of carbonyl (C=O) groups is 1. The maximum atomic E-state index is 11.5. The molecular formula is C25H27NO10. The van der Waals surface area contributed by atoms with Crippen LogP contribution in [0.15, 0.2) is 42.6 Å². The van der Waals surface area contributed by atoms with Gasteiger partial charge < -0.3 is 44.1 Å². The number of hydrogen-bond donors (Lipinski definition) is 4. The van der Waals surface area contributed by atoms with Crippen molar-refractivity contribution in [3.63, 3.8) is 0 Å². The van der Waals surface area contributed by atoms with Crippen LogP contribution in [0.3, 0.4) is 0 Å². The Bertz CT molecular complexity index is 1350. The molecule has 1 aliphatic rings. The molecule has 2 heterocycles. The minimum absolute atomic E-state index is 0.210. The summed E-state index contributed by atoms with van der Waals surface area (Å²) in [5, 5.41) is 40.8. The molecule has 11 nitrogen and oxygen atoms in total. The summed E-state index contributed by atoms with van der Waals surface area (Å²) in [6.07, 6.45) is -7.48. The van der Waals surface area contributed by atoms with E-state index in [0.29, 0.717) is 34.4 Å². The lowest BCUT2D eigenvalue weighted by Gasteiger charge is -2.38. The third-order valence-electron chi connectivity index (χ3n) is 5.90. The maximum absolute atomic E-state index is 11.5. The number of aliphatic carboxylic acids is 1. The van der Waals surface area contributed by atoms with Crippen LogP contribution in [0.4, 0.5) is 0 Å². The average molecular weight is 505 g/mol. The number of rotatable bonds is 8. The molecule has 1 aromatic heterocycles. The molecule has 192 valence electrons. The number of carboxylic acid groups (broad SMARTS) is 1. The minimum Gasteiger partial charge on any atom is -0.493 e. The number of aromatic nitrogens is 1. The Kier molecular flexibility index (Phi) is 6.33. The first kappa shape index (κ1) is 21.6. The first-order valence-electron chi connectivity index (χ1n) is 12.3. The van der Waals surface area contributed by atoms with Gasteiger partial charge in [-0.15, -0.1) is 0 Å². The molecule has 4 N–H and O–H groups in total. The summed E-state index contributed by atoms with van der Waals surface area (Å²) in [5.74, 6) is -0.996. The van der Waals surface area contributed by atoms with Gasteiger partial charge in [-0.1, -0.05) is 6.07 Å². The van der Waals surface area contributed by atoms with Crippen LogP contribution in [0.25, 0.3) is 10.8 Å². The maximum Gasteiger partial charge on any atom is 0.335 e. The van der Waals surface area contributed by atoms with Crippen LogP contribution in [-0.4, -0.2) is 83.3 Å². The number of aliphatic hydroxyl groups excluding tert-OH is 3. The van der Waals surface area contributed by atoms with Crippen molar-refractivity contribution >= 4 is 16.7 Å². The zero-order valence-electron chi connectivity index (χ0n) is 22.3. The molecule has 0 spiro atoms. The zero-order chi connectivity index (χ0) is 28.5. The molecule has 1 saturated heterocycles. The molecule has 0 radical (unpaired) electrons. The summed E-state index contributed by atoms with van der Waals surface area (Å²) in [7, 11) is 0.143. The Morgan fingerprint density at radius 3 is 2.42 bits per heavy atom. The Labute approximate surface area is 210 Å². The van der Waals surface area contributed by atoms with Gasteiger partial charge in [0.2, 0.25) is 6.29 Å².